The molecule has 23 heavy (non-hydrogen) atoms. The van der Waals surface area contributed by atoms with Gasteiger partial charge < -0.3 is 10.3 Å². The Morgan fingerprint density at radius 3 is 2.78 bits per heavy atom. The van der Waals surface area contributed by atoms with Crippen molar-refractivity contribution in [3.63, 3.8) is 0 Å². The summed E-state index contributed by atoms with van der Waals surface area (Å²) in [5.41, 5.74) is 1.10. The van der Waals surface area contributed by atoms with Crippen LogP contribution in [0.4, 0.5) is 0 Å². The van der Waals surface area contributed by atoms with Gasteiger partial charge in [0.1, 0.15) is 5.56 Å². The molecule has 0 saturated carbocycles. The highest BCUT2D eigenvalue weighted by atomic mass is 16.2. The van der Waals surface area contributed by atoms with Crippen LogP contribution < -0.4 is 10.9 Å². The number of pyridine rings is 1. The van der Waals surface area contributed by atoms with E-state index in [4.69, 9.17) is 0 Å². The van der Waals surface area contributed by atoms with E-state index in [1.165, 1.54) is 11.8 Å². The Labute approximate surface area is 135 Å². The highest BCUT2D eigenvalue weighted by Crippen LogP contribution is 2.24. The predicted molar refractivity (Wildman–Crippen MR) is 89.4 cm³/mol. The molecule has 1 aromatic heterocycles. The van der Waals surface area contributed by atoms with Crippen molar-refractivity contribution >= 4 is 5.91 Å². The van der Waals surface area contributed by atoms with Crippen molar-refractivity contribution in [1.29, 1.82) is 0 Å². The number of amides is 1. The zero-order valence-electron chi connectivity index (χ0n) is 13.2. The second-order valence-corrected chi connectivity index (χ2v) is 5.95. The Morgan fingerprint density at radius 1 is 1.26 bits per heavy atom. The van der Waals surface area contributed by atoms with Crippen molar-refractivity contribution in [3.8, 4) is 0 Å². The summed E-state index contributed by atoms with van der Waals surface area (Å²) in [6, 6.07) is 14.0. The molecule has 2 atom stereocenters. The number of aromatic nitrogens is 1. The SMILES string of the molecule is C[C@@H](c1ccccc1)N1CC[C@@H](NC(=O)c2ccc[nH]c2=O)C1. The van der Waals surface area contributed by atoms with Crippen LogP contribution in [0.1, 0.15) is 35.3 Å². The number of nitrogens with one attached hydrogen (secondary N) is 2. The molecular weight excluding hydrogens is 290 g/mol. The van der Waals surface area contributed by atoms with E-state index in [0.29, 0.717) is 6.04 Å². The lowest BCUT2D eigenvalue weighted by Crippen LogP contribution is -2.39. The van der Waals surface area contributed by atoms with Crippen LogP contribution in [0.5, 0.6) is 0 Å². The van der Waals surface area contributed by atoms with Crippen molar-refractivity contribution in [2.75, 3.05) is 13.1 Å². The van der Waals surface area contributed by atoms with Gasteiger partial charge in [-0.05, 0) is 31.0 Å². The number of nitrogens with zero attached hydrogens (tertiary/aromatic N) is 1. The summed E-state index contributed by atoms with van der Waals surface area (Å²) in [6.07, 6.45) is 2.42. The normalized spacial score (nSPS) is 19.4. The number of carbonyl (C=O) groups excluding carboxylic acids is 1. The first-order valence-electron chi connectivity index (χ1n) is 7.92. The second-order valence-electron chi connectivity index (χ2n) is 5.95. The predicted octanol–water partition coefficient (Wildman–Crippen LogP) is 1.94. The van der Waals surface area contributed by atoms with Gasteiger partial charge in [0.15, 0.2) is 0 Å². The number of carbonyl (C=O) groups is 1. The van der Waals surface area contributed by atoms with Gasteiger partial charge in [-0.1, -0.05) is 30.3 Å². The lowest BCUT2D eigenvalue weighted by Gasteiger charge is -2.24. The van der Waals surface area contributed by atoms with Crippen molar-refractivity contribution in [3.05, 3.63) is 70.1 Å². The quantitative estimate of drug-likeness (QED) is 0.907. The molecule has 5 heteroatoms. The third-order valence-corrected chi connectivity index (χ3v) is 4.45. The smallest absolute Gasteiger partial charge is 0.260 e. The van der Waals surface area contributed by atoms with E-state index in [-0.39, 0.29) is 23.1 Å². The number of rotatable bonds is 4. The second kappa shape index (κ2) is 6.79. The van der Waals surface area contributed by atoms with Gasteiger partial charge in [-0.25, -0.2) is 0 Å². The monoisotopic (exact) mass is 311 g/mol. The van der Waals surface area contributed by atoms with E-state index in [9.17, 15) is 9.59 Å². The molecule has 0 bridgehead atoms. The first-order valence-corrected chi connectivity index (χ1v) is 7.92. The van der Waals surface area contributed by atoms with Gasteiger partial charge in [-0.15, -0.1) is 0 Å². The number of hydrogen-bond donors (Lipinski definition) is 2. The van der Waals surface area contributed by atoms with Gasteiger partial charge in [0, 0.05) is 31.4 Å². The van der Waals surface area contributed by atoms with Gasteiger partial charge in [0.2, 0.25) is 0 Å². The van der Waals surface area contributed by atoms with Crippen LogP contribution in [0.15, 0.2) is 53.5 Å². The molecule has 1 aliphatic rings. The number of aromatic amines is 1. The van der Waals surface area contributed by atoms with E-state index in [1.54, 1.807) is 12.1 Å². The largest absolute Gasteiger partial charge is 0.348 e. The van der Waals surface area contributed by atoms with Crippen LogP contribution in [0.25, 0.3) is 0 Å². The fraction of sp³-hybridized carbons (Fsp3) is 0.333. The Balaban J connectivity index is 1.61. The maximum Gasteiger partial charge on any atom is 0.260 e. The Hall–Kier alpha value is -2.40. The fourth-order valence-electron chi connectivity index (χ4n) is 3.06. The minimum atomic E-state index is -0.350. The van der Waals surface area contributed by atoms with E-state index >= 15 is 0 Å². The summed E-state index contributed by atoms with van der Waals surface area (Å²) in [4.78, 5) is 28.8. The standard InChI is InChI=1S/C18H21N3O2/c1-13(14-6-3-2-4-7-14)21-11-9-15(12-21)20-18(23)16-8-5-10-19-17(16)22/h2-8,10,13,15H,9,11-12H2,1H3,(H,19,22)(H,20,23)/t13-,15+/m0/s1. The topological polar surface area (TPSA) is 65.2 Å². The highest BCUT2D eigenvalue weighted by Gasteiger charge is 2.28. The van der Waals surface area contributed by atoms with Gasteiger partial charge in [-0.2, -0.15) is 0 Å². The number of likely N-dealkylation sites (tertiary alicyclic amines) is 1. The van der Waals surface area contributed by atoms with Gasteiger partial charge in [0.05, 0.1) is 0 Å². The van der Waals surface area contributed by atoms with Crippen molar-refractivity contribution in [1.82, 2.24) is 15.2 Å². The molecule has 5 nitrogen and oxygen atoms in total. The van der Waals surface area contributed by atoms with Gasteiger partial charge >= 0.3 is 0 Å². The first kappa shape index (κ1) is 15.5. The van der Waals surface area contributed by atoms with Crippen molar-refractivity contribution in [2.45, 2.75) is 25.4 Å². The first-order chi connectivity index (χ1) is 11.1. The summed E-state index contributed by atoms with van der Waals surface area (Å²) < 4.78 is 0. The molecule has 2 heterocycles. The highest BCUT2D eigenvalue weighted by molar-refractivity contribution is 5.93. The molecule has 1 saturated heterocycles. The number of benzene rings is 1. The van der Waals surface area contributed by atoms with Gasteiger partial charge in [-0.3, -0.25) is 14.5 Å². The van der Waals surface area contributed by atoms with Crippen LogP contribution in [-0.2, 0) is 0 Å². The van der Waals surface area contributed by atoms with E-state index in [2.05, 4.69) is 34.3 Å². The summed E-state index contributed by atoms with van der Waals surface area (Å²) in [6.45, 7) is 3.92. The summed E-state index contributed by atoms with van der Waals surface area (Å²) in [7, 11) is 0. The molecule has 1 amide bonds. The van der Waals surface area contributed by atoms with Crippen molar-refractivity contribution in [2.24, 2.45) is 0 Å². The van der Waals surface area contributed by atoms with Crippen LogP contribution in [-0.4, -0.2) is 34.9 Å². The molecule has 2 aromatic rings. The Morgan fingerprint density at radius 2 is 2.04 bits per heavy atom. The molecule has 3 rings (SSSR count). The third-order valence-electron chi connectivity index (χ3n) is 4.45. The zero-order chi connectivity index (χ0) is 16.2. The summed E-state index contributed by atoms with van der Waals surface area (Å²) in [5, 5.41) is 2.97. The van der Waals surface area contributed by atoms with Crippen LogP contribution >= 0.6 is 0 Å². The number of H-pyrrole nitrogens is 1. The molecule has 2 N–H and O–H groups in total. The van der Waals surface area contributed by atoms with Crippen LogP contribution in [0.3, 0.4) is 0 Å². The molecule has 0 spiro atoms. The number of hydrogen-bond acceptors (Lipinski definition) is 3. The van der Waals surface area contributed by atoms with Gasteiger partial charge in [0.25, 0.3) is 11.5 Å². The van der Waals surface area contributed by atoms with E-state index < -0.39 is 0 Å². The molecule has 120 valence electrons. The molecule has 0 radical (unpaired) electrons. The van der Waals surface area contributed by atoms with Crippen LogP contribution in [0.2, 0.25) is 0 Å². The Kier molecular flexibility index (Phi) is 4.57. The minimum Gasteiger partial charge on any atom is -0.348 e. The van der Waals surface area contributed by atoms with E-state index in [1.807, 2.05) is 18.2 Å². The lowest BCUT2D eigenvalue weighted by molar-refractivity contribution is 0.0935. The zero-order valence-corrected chi connectivity index (χ0v) is 13.2. The molecule has 0 unspecified atom stereocenters. The average molecular weight is 311 g/mol. The maximum atomic E-state index is 12.2. The summed E-state index contributed by atoms with van der Waals surface area (Å²) in [5.74, 6) is -0.300. The molecule has 1 aliphatic heterocycles. The molecule has 1 aromatic carbocycles. The van der Waals surface area contributed by atoms with E-state index in [0.717, 1.165) is 19.5 Å². The Bertz CT molecular complexity index is 726. The minimum absolute atomic E-state index is 0.0771. The molecule has 0 aliphatic carbocycles. The summed E-state index contributed by atoms with van der Waals surface area (Å²) >= 11 is 0. The van der Waals surface area contributed by atoms with Crippen LogP contribution in [0, 0.1) is 0 Å². The molecular formula is C18H21N3O2. The molecule has 1 fully saturated rings. The maximum absolute atomic E-state index is 12.2. The fourth-order valence-corrected chi connectivity index (χ4v) is 3.06. The third kappa shape index (κ3) is 3.51. The average Bonchev–Trinajstić information content (AvgIpc) is 3.03. The van der Waals surface area contributed by atoms with Crippen molar-refractivity contribution < 1.29 is 4.79 Å². The lowest BCUT2D eigenvalue weighted by atomic mass is 10.1.